The van der Waals surface area contributed by atoms with Crippen molar-refractivity contribution in [2.24, 2.45) is 0 Å². The molecule has 1 aromatic rings. The van der Waals surface area contributed by atoms with Crippen molar-refractivity contribution in [1.82, 2.24) is 0 Å². The van der Waals surface area contributed by atoms with Gasteiger partial charge in [0.1, 0.15) is 0 Å². The summed E-state index contributed by atoms with van der Waals surface area (Å²) in [6, 6.07) is 1.90. The van der Waals surface area contributed by atoms with Crippen LogP contribution in [0.4, 0.5) is 18.9 Å². The minimum absolute atomic E-state index is 0.137. The first-order valence-corrected chi connectivity index (χ1v) is 3.97. The average Bonchev–Trinajstić information content (AvgIpc) is 1.98. The molecule has 13 heavy (non-hydrogen) atoms. The molecule has 2 nitrogen and oxygen atoms in total. The number of phenols is 1. The fourth-order valence-electron chi connectivity index (χ4n) is 0.829. The van der Waals surface area contributed by atoms with Gasteiger partial charge in [0.05, 0.1) is 15.7 Å². The summed E-state index contributed by atoms with van der Waals surface area (Å²) < 4.78 is 36.6. The van der Waals surface area contributed by atoms with E-state index in [9.17, 15) is 13.2 Å². The van der Waals surface area contributed by atoms with Gasteiger partial charge in [0.25, 0.3) is 0 Å². The van der Waals surface area contributed by atoms with Crippen molar-refractivity contribution in [3.8, 4) is 5.75 Å². The summed E-state index contributed by atoms with van der Waals surface area (Å²) in [5, 5.41) is 9.08. The van der Waals surface area contributed by atoms with E-state index >= 15 is 0 Å². The van der Waals surface area contributed by atoms with E-state index in [4.69, 9.17) is 10.8 Å². The lowest BCUT2D eigenvalue weighted by Crippen LogP contribution is -2.08. The fourth-order valence-corrected chi connectivity index (χ4v) is 1.17. The van der Waals surface area contributed by atoms with Crippen LogP contribution in [-0.2, 0) is 6.18 Å². The number of alkyl halides is 3. The fraction of sp³-hybridized carbons (Fsp3) is 0.143. The third-order valence-corrected chi connectivity index (χ3v) is 2.11. The maximum absolute atomic E-state index is 12.2. The molecule has 0 aliphatic carbocycles. The highest BCUT2D eigenvalue weighted by Gasteiger charge is 2.34. The van der Waals surface area contributed by atoms with E-state index in [-0.39, 0.29) is 4.47 Å². The third-order valence-electron chi connectivity index (χ3n) is 1.47. The van der Waals surface area contributed by atoms with Crippen LogP contribution in [0.5, 0.6) is 5.75 Å². The van der Waals surface area contributed by atoms with Gasteiger partial charge >= 0.3 is 6.18 Å². The molecule has 0 saturated heterocycles. The number of anilines is 1. The van der Waals surface area contributed by atoms with E-state index in [0.717, 1.165) is 12.1 Å². The minimum atomic E-state index is -4.54. The first-order valence-electron chi connectivity index (χ1n) is 3.18. The highest BCUT2D eigenvalue weighted by Crippen LogP contribution is 2.40. The molecule has 0 bridgehead atoms. The monoisotopic (exact) mass is 255 g/mol. The lowest BCUT2D eigenvalue weighted by molar-refractivity contribution is -0.137. The Balaban J connectivity index is 3.35. The zero-order valence-corrected chi connectivity index (χ0v) is 7.78. The molecule has 3 N–H and O–H groups in total. The predicted molar refractivity (Wildman–Crippen MR) is 45.2 cm³/mol. The normalized spacial score (nSPS) is 11.7. The van der Waals surface area contributed by atoms with Gasteiger partial charge in [-0.25, -0.2) is 0 Å². The third kappa shape index (κ3) is 1.88. The molecule has 0 atom stereocenters. The van der Waals surface area contributed by atoms with E-state index in [0.29, 0.717) is 0 Å². The molecule has 72 valence electrons. The van der Waals surface area contributed by atoms with Crippen LogP contribution >= 0.6 is 15.9 Å². The molecule has 0 heterocycles. The molecule has 1 rings (SSSR count). The van der Waals surface area contributed by atoms with Crippen LogP contribution in [0, 0.1) is 0 Å². The second kappa shape index (κ2) is 3.10. The van der Waals surface area contributed by atoms with E-state index in [1.165, 1.54) is 0 Å². The van der Waals surface area contributed by atoms with Crippen molar-refractivity contribution >= 4 is 21.6 Å². The van der Waals surface area contributed by atoms with Gasteiger partial charge < -0.3 is 10.8 Å². The molecule has 6 heteroatoms. The van der Waals surface area contributed by atoms with Gasteiger partial charge in [-0.15, -0.1) is 0 Å². The second-order valence-electron chi connectivity index (χ2n) is 2.35. The Labute approximate surface area is 80.3 Å². The Kier molecular flexibility index (Phi) is 2.42. The summed E-state index contributed by atoms with van der Waals surface area (Å²) in [6.45, 7) is 0. The van der Waals surface area contributed by atoms with Gasteiger partial charge in [0.2, 0.25) is 0 Å². The Hall–Kier alpha value is -0.910. The smallest absolute Gasteiger partial charge is 0.418 e. The van der Waals surface area contributed by atoms with Crippen LogP contribution in [0.15, 0.2) is 16.6 Å². The predicted octanol–water partition coefficient (Wildman–Crippen LogP) is 2.76. The lowest BCUT2D eigenvalue weighted by Gasteiger charge is -2.11. The maximum Gasteiger partial charge on any atom is 0.418 e. The summed E-state index contributed by atoms with van der Waals surface area (Å²) in [7, 11) is 0. The number of phenolic OH excluding ortho intramolecular Hbond substituents is 1. The Bertz CT molecular complexity index is 337. The summed E-state index contributed by atoms with van der Waals surface area (Å²) in [5.74, 6) is -0.588. The number of halogens is 4. The number of hydrogen-bond donors (Lipinski definition) is 2. The Morgan fingerprint density at radius 1 is 1.31 bits per heavy atom. The summed E-state index contributed by atoms with van der Waals surface area (Å²) >= 11 is 2.85. The van der Waals surface area contributed by atoms with Crippen LogP contribution < -0.4 is 5.73 Å². The van der Waals surface area contributed by atoms with E-state index < -0.39 is 23.2 Å². The van der Waals surface area contributed by atoms with Crippen LogP contribution in [0.3, 0.4) is 0 Å². The van der Waals surface area contributed by atoms with Crippen LogP contribution in [0.1, 0.15) is 5.56 Å². The van der Waals surface area contributed by atoms with Crippen molar-refractivity contribution in [2.45, 2.75) is 6.18 Å². The van der Waals surface area contributed by atoms with Gasteiger partial charge in [-0.05, 0) is 28.1 Å². The molecule has 0 saturated carbocycles. The molecular formula is C7H5BrF3NO. The van der Waals surface area contributed by atoms with Gasteiger partial charge in [-0.1, -0.05) is 0 Å². The second-order valence-corrected chi connectivity index (χ2v) is 3.21. The molecule has 0 spiro atoms. The SMILES string of the molecule is Nc1c(C(F)(F)F)ccc(Br)c1O. The average molecular weight is 256 g/mol. The van der Waals surface area contributed by atoms with Crippen molar-refractivity contribution in [2.75, 3.05) is 5.73 Å². The van der Waals surface area contributed by atoms with Gasteiger partial charge in [0.15, 0.2) is 5.75 Å². The largest absolute Gasteiger partial charge is 0.505 e. The standard InChI is InChI=1S/C7H5BrF3NO/c8-4-2-1-3(7(9,10)11)5(12)6(4)13/h1-2,13H,12H2. The number of rotatable bonds is 0. The summed E-state index contributed by atoms with van der Waals surface area (Å²) in [4.78, 5) is 0. The lowest BCUT2D eigenvalue weighted by atomic mass is 10.1. The number of nitrogen functional groups attached to an aromatic ring is 1. The number of nitrogens with two attached hydrogens (primary N) is 1. The molecule has 1 aromatic carbocycles. The highest BCUT2D eigenvalue weighted by molar-refractivity contribution is 9.10. The van der Waals surface area contributed by atoms with Crippen molar-refractivity contribution in [1.29, 1.82) is 0 Å². The molecular weight excluding hydrogens is 251 g/mol. The minimum Gasteiger partial charge on any atom is -0.505 e. The zero-order chi connectivity index (χ0) is 10.2. The number of benzene rings is 1. The summed E-state index contributed by atoms with van der Waals surface area (Å²) in [6.07, 6.45) is -4.54. The van der Waals surface area contributed by atoms with Crippen LogP contribution in [0.25, 0.3) is 0 Å². The van der Waals surface area contributed by atoms with Crippen LogP contribution in [0.2, 0.25) is 0 Å². The molecule has 0 aliphatic rings. The van der Waals surface area contributed by atoms with Crippen molar-refractivity contribution in [3.05, 3.63) is 22.2 Å². The quantitative estimate of drug-likeness (QED) is 0.553. The Morgan fingerprint density at radius 2 is 1.85 bits per heavy atom. The molecule has 0 radical (unpaired) electrons. The topological polar surface area (TPSA) is 46.2 Å². The molecule has 0 unspecified atom stereocenters. The number of aromatic hydroxyl groups is 1. The van der Waals surface area contributed by atoms with Gasteiger partial charge in [-0.3, -0.25) is 0 Å². The highest BCUT2D eigenvalue weighted by atomic mass is 79.9. The maximum atomic E-state index is 12.2. The molecule has 0 amide bonds. The molecule has 0 aliphatic heterocycles. The first kappa shape index (κ1) is 10.2. The zero-order valence-electron chi connectivity index (χ0n) is 6.19. The van der Waals surface area contributed by atoms with Crippen molar-refractivity contribution < 1.29 is 18.3 Å². The molecule has 0 fully saturated rings. The van der Waals surface area contributed by atoms with E-state index in [2.05, 4.69) is 15.9 Å². The molecule has 0 aromatic heterocycles. The van der Waals surface area contributed by atoms with Gasteiger partial charge in [-0.2, -0.15) is 13.2 Å². The van der Waals surface area contributed by atoms with Crippen LogP contribution in [-0.4, -0.2) is 5.11 Å². The van der Waals surface area contributed by atoms with Gasteiger partial charge in [0, 0.05) is 0 Å². The van der Waals surface area contributed by atoms with E-state index in [1.54, 1.807) is 0 Å². The first-order chi connectivity index (χ1) is 5.84. The van der Waals surface area contributed by atoms with E-state index in [1.807, 2.05) is 0 Å². The van der Waals surface area contributed by atoms with Crippen molar-refractivity contribution in [3.63, 3.8) is 0 Å². The Morgan fingerprint density at radius 3 is 2.31 bits per heavy atom. The summed E-state index contributed by atoms with van der Waals surface area (Å²) in [5.41, 5.74) is 3.37. The number of hydrogen-bond acceptors (Lipinski definition) is 2.